The van der Waals surface area contributed by atoms with Crippen molar-refractivity contribution in [1.29, 1.82) is 0 Å². The van der Waals surface area contributed by atoms with E-state index in [-0.39, 0.29) is 52.2 Å². The predicted molar refractivity (Wildman–Crippen MR) is 184 cm³/mol. The summed E-state index contributed by atoms with van der Waals surface area (Å²) in [7, 11) is 0. The molecule has 9 nitrogen and oxygen atoms in total. The molecular formula is C40H64N2O7. The Morgan fingerprint density at radius 1 is 1.06 bits per heavy atom. The number of carbonyl (C=O) groups excluding carboxylic acids is 2. The summed E-state index contributed by atoms with van der Waals surface area (Å²) in [6.45, 7) is 16.1. The number of nitrogens with one attached hydrogen (secondary N) is 1. The fraction of sp³-hybridized carbons (Fsp3) is 0.950. The Morgan fingerprint density at radius 3 is 2.51 bits per heavy atom. The monoisotopic (exact) mass is 684 g/mol. The maximum Gasteiger partial charge on any atom is 0.223 e. The van der Waals surface area contributed by atoms with E-state index in [1.165, 1.54) is 38.5 Å². The molecule has 3 N–H and O–H groups in total. The van der Waals surface area contributed by atoms with E-state index >= 15 is 0 Å². The van der Waals surface area contributed by atoms with Crippen LogP contribution in [0.25, 0.3) is 0 Å². The second-order valence-electron chi connectivity index (χ2n) is 19.4. The van der Waals surface area contributed by atoms with Gasteiger partial charge in [0.15, 0.2) is 6.29 Å². The number of nitrogens with zero attached hydrogens (tertiary/aromatic N) is 1. The molecule has 0 aromatic heterocycles. The smallest absolute Gasteiger partial charge is 0.223 e. The van der Waals surface area contributed by atoms with Gasteiger partial charge in [0.05, 0.1) is 49.7 Å². The number of ether oxygens (including phenoxy) is 3. The Bertz CT molecular complexity index is 1300. The van der Waals surface area contributed by atoms with Gasteiger partial charge in [0.2, 0.25) is 5.91 Å². The molecule has 0 radical (unpaired) electrons. The molecule has 6 saturated carbocycles. The van der Waals surface area contributed by atoms with Gasteiger partial charge in [-0.15, -0.1) is 0 Å². The summed E-state index contributed by atoms with van der Waals surface area (Å²) in [6, 6.07) is -0.611. The van der Waals surface area contributed by atoms with Crippen molar-refractivity contribution < 1.29 is 34.0 Å². The zero-order valence-corrected chi connectivity index (χ0v) is 31.0. The molecule has 8 aliphatic rings. The minimum absolute atomic E-state index is 0.00332. The molecule has 2 heterocycles. The van der Waals surface area contributed by atoms with Gasteiger partial charge in [0.25, 0.3) is 0 Å². The number of rotatable bonds is 9. The van der Waals surface area contributed by atoms with Crippen LogP contribution in [0.2, 0.25) is 0 Å². The highest BCUT2D eigenvalue weighted by atomic mass is 16.7. The van der Waals surface area contributed by atoms with Gasteiger partial charge in [-0.05, 0) is 122 Å². The lowest BCUT2D eigenvalue weighted by molar-refractivity contribution is -0.248. The maximum atomic E-state index is 12.9. The molecule has 8 fully saturated rings. The Hall–Kier alpha value is -1.10. The van der Waals surface area contributed by atoms with Crippen LogP contribution in [0, 0.1) is 56.7 Å². The minimum atomic E-state index is -0.758. The van der Waals surface area contributed by atoms with Crippen LogP contribution in [0.15, 0.2) is 0 Å². The number of aliphatic hydroxyl groups excluding tert-OH is 2. The first-order valence-corrected chi connectivity index (χ1v) is 20.0. The topological polar surface area (TPSA) is 118 Å². The standard InChI is InChI=1S/C40H64N2O7/c1-23-17-26(19-41-27(21-43)24(2)44)48-34-33(23)37(5)13-14-40-22-39(40)12-11-30(36(3,4)28(39)9-10-29(40)38(37,6)35(34)46)49-32-20-42(15-16-47-32)31(45)18-25-7-8-25/h21,23-30,32-35,41,44,46H,7-20,22H2,1-6H3/t23-,24-,26?,27?,28+,29?,30?,32+,33+,34?,35+,37?,38-,39?,40?/m1/s1. The van der Waals surface area contributed by atoms with E-state index in [0.29, 0.717) is 67.7 Å². The number of amides is 1. The molecule has 0 aromatic rings. The highest BCUT2D eigenvalue weighted by molar-refractivity contribution is 5.76. The third kappa shape index (κ3) is 5.04. The van der Waals surface area contributed by atoms with Gasteiger partial charge in [0.1, 0.15) is 6.29 Å². The second kappa shape index (κ2) is 12.0. The fourth-order valence-corrected chi connectivity index (χ4v) is 14.2. The van der Waals surface area contributed by atoms with Gasteiger partial charge in [-0.1, -0.05) is 34.6 Å². The molecule has 2 saturated heterocycles. The number of hydrogen-bond acceptors (Lipinski definition) is 8. The summed E-state index contributed by atoms with van der Waals surface area (Å²) >= 11 is 0. The second-order valence-corrected chi connectivity index (χ2v) is 19.4. The van der Waals surface area contributed by atoms with Gasteiger partial charge in [-0.2, -0.15) is 0 Å². The Kier molecular flexibility index (Phi) is 8.53. The number of morpholine rings is 1. The highest BCUT2D eigenvalue weighted by Crippen LogP contribution is 2.89. The van der Waals surface area contributed by atoms with Crippen molar-refractivity contribution in [3.63, 3.8) is 0 Å². The molecule has 6 aliphatic carbocycles. The lowest BCUT2D eigenvalue weighted by atomic mass is 9.41. The molecule has 2 spiro atoms. The lowest BCUT2D eigenvalue weighted by Crippen LogP contribution is -2.60. The largest absolute Gasteiger partial charge is 0.391 e. The molecule has 0 bridgehead atoms. The maximum absolute atomic E-state index is 12.9. The van der Waals surface area contributed by atoms with E-state index in [1.54, 1.807) is 6.92 Å². The van der Waals surface area contributed by atoms with E-state index in [1.807, 2.05) is 4.90 Å². The molecule has 9 heteroatoms. The van der Waals surface area contributed by atoms with Crippen LogP contribution in [-0.4, -0.2) is 96.4 Å². The molecule has 276 valence electrons. The summed E-state index contributed by atoms with van der Waals surface area (Å²) < 4.78 is 19.8. The van der Waals surface area contributed by atoms with Crippen LogP contribution in [0.5, 0.6) is 0 Å². The van der Waals surface area contributed by atoms with Crippen molar-refractivity contribution in [1.82, 2.24) is 10.2 Å². The number of carbonyl (C=O) groups is 2. The molecule has 49 heavy (non-hydrogen) atoms. The minimum Gasteiger partial charge on any atom is -0.391 e. The first kappa shape index (κ1) is 35.0. The molecular weight excluding hydrogens is 620 g/mol. The van der Waals surface area contributed by atoms with Crippen LogP contribution in [0.4, 0.5) is 0 Å². The van der Waals surface area contributed by atoms with Crippen LogP contribution in [0.3, 0.4) is 0 Å². The van der Waals surface area contributed by atoms with Crippen LogP contribution in [-0.2, 0) is 23.8 Å². The van der Waals surface area contributed by atoms with Crippen molar-refractivity contribution in [2.75, 3.05) is 26.2 Å². The van der Waals surface area contributed by atoms with Crippen LogP contribution in [0.1, 0.15) is 112 Å². The zero-order valence-electron chi connectivity index (χ0n) is 31.0. The average molecular weight is 685 g/mol. The fourth-order valence-electron chi connectivity index (χ4n) is 14.2. The van der Waals surface area contributed by atoms with Gasteiger partial charge in [0, 0.05) is 24.9 Å². The SMILES string of the molecule is C[C@@H]1CC(CNC(C=O)[C@@H](C)O)OC2[C@H]1C1(C)CCC34CC35CCC(O[C@H]3CN(C(=O)CC6CC6)CCO3)C(C)(C)[C@@H]5CCC4[C@]1(C)[C@H]2O. The van der Waals surface area contributed by atoms with E-state index in [9.17, 15) is 19.8 Å². The number of hydrogen-bond donors (Lipinski definition) is 3. The number of aliphatic hydroxyl groups is 2. The Morgan fingerprint density at radius 2 is 1.80 bits per heavy atom. The quantitative estimate of drug-likeness (QED) is 0.299. The van der Waals surface area contributed by atoms with E-state index < -0.39 is 18.2 Å². The van der Waals surface area contributed by atoms with Gasteiger partial charge in [-0.3, -0.25) is 4.79 Å². The van der Waals surface area contributed by atoms with Crippen molar-refractivity contribution in [2.24, 2.45) is 56.7 Å². The Balaban J connectivity index is 0.977. The lowest BCUT2D eigenvalue weighted by Gasteiger charge is -2.64. The molecule has 8 rings (SSSR count). The Labute approximate surface area is 293 Å². The molecule has 15 atom stereocenters. The van der Waals surface area contributed by atoms with E-state index in [2.05, 4.69) is 39.9 Å². The highest BCUT2D eigenvalue weighted by Gasteiger charge is 2.84. The number of fused-ring (bicyclic) bond motifs is 4. The summed E-state index contributed by atoms with van der Waals surface area (Å²) in [4.78, 5) is 26.4. The van der Waals surface area contributed by atoms with Gasteiger partial charge in [-0.25, -0.2) is 0 Å². The van der Waals surface area contributed by atoms with E-state index in [4.69, 9.17) is 14.2 Å². The molecule has 1 amide bonds. The van der Waals surface area contributed by atoms with Crippen molar-refractivity contribution in [3.05, 3.63) is 0 Å². The molecule has 8 unspecified atom stereocenters. The third-order valence-corrected chi connectivity index (χ3v) is 16.9. The number of aldehydes is 1. The zero-order chi connectivity index (χ0) is 34.7. The summed E-state index contributed by atoms with van der Waals surface area (Å²) in [5.41, 5.74) is 0.362. The average Bonchev–Trinajstić information content (AvgIpc) is 3.98. The first-order valence-electron chi connectivity index (χ1n) is 20.0. The van der Waals surface area contributed by atoms with Crippen LogP contribution >= 0.6 is 0 Å². The van der Waals surface area contributed by atoms with Crippen molar-refractivity contribution >= 4 is 12.2 Å². The van der Waals surface area contributed by atoms with E-state index in [0.717, 1.165) is 32.0 Å². The molecule has 2 aliphatic heterocycles. The predicted octanol–water partition coefficient (Wildman–Crippen LogP) is 4.71. The summed E-state index contributed by atoms with van der Waals surface area (Å²) in [5.74, 6) is 2.61. The van der Waals surface area contributed by atoms with Gasteiger partial charge < -0.3 is 39.4 Å². The van der Waals surface area contributed by atoms with Crippen molar-refractivity contribution in [3.8, 4) is 0 Å². The van der Waals surface area contributed by atoms with Crippen molar-refractivity contribution in [2.45, 2.75) is 155 Å². The molecule has 0 aromatic carbocycles. The third-order valence-electron chi connectivity index (χ3n) is 16.9. The normalized spacial score (nSPS) is 50.9. The van der Waals surface area contributed by atoms with Crippen LogP contribution < -0.4 is 5.32 Å². The first-order chi connectivity index (χ1) is 23.2. The summed E-state index contributed by atoms with van der Waals surface area (Å²) in [6.07, 6.45) is 11.1. The summed E-state index contributed by atoms with van der Waals surface area (Å²) in [5, 5.41) is 25.7. The van der Waals surface area contributed by atoms with Gasteiger partial charge >= 0.3 is 0 Å².